The lowest BCUT2D eigenvalue weighted by molar-refractivity contribution is 0.0928. The van der Waals surface area contributed by atoms with E-state index < -0.39 is 0 Å². The highest BCUT2D eigenvalue weighted by Gasteiger charge is 2.15. The van der Waals surface area contributed by atoms with Crippen molar-refractivity contribution in [2.45, 2.75) is 33.2 Å². The van der Waals surface area contributed by atoms with Crippen molar-refractivity contribution in [1.82, 2.24) is 5.32 Å². The summed E-state index contributed by atoms with van der Waals surface area (Å²) in [6, 6.07) is 5.50. The molecular formula is C14H20BrNO2. The molecule has 2 atom stereocenters. The summed E-state index contributed by atoms with van der Waals surface area (Å²) >= 11 is 3.38. The number of methoxy groups -OCH3 is 1. The van der Waals surface area contributed by atoms with Crippen LogP contribution in [0.3, 0.4) is 0 Å². The molecule has 0 aromatic heterocycles. The zero-order valence-corrected chi connectivity index (χ0v) is 12.9. The van der Waals surface area contributed by atoms with Gasteiger partial charge in [0.05, 0.1) is 11.6 Å². The van der Waals surface area contributed by atoms with E-state index in [9.17, 15) is 4.79 Å². The van der Waals surface area contributed by atoms with Crippen molar-refractivity contribution in [3.63, 3.8) is 0 Å². The van der Waals surface area contributed by atoms with Crippen LogP contribution in [0.1, 0.15) is 37.6 Å². The van der Waals surface area contributed by atoms with Crippen molar-refractivity contribution in [1.29, 1.82) is 0 Å². The van der Waals surface area contributed by atoms with Crippen molar-refractivity contribution in [3.05, 3.63) is 28.2 Å². The van der Waals surface area contributed by atoms with Gasteiger partial charge in [-0.15, -0.1) is 0 Å². The Morgan fingerprint density at radius 3 is 2.61 bits per heavy atom. The third kappa shape index (κ3) is 3.73. The van der Waals surface area contributed by atoms with Crippen molar-refractivity contribution < 1.29 is 9.53 Å². The van der Waals surface area contributed by atoms with Gasteiger partial charge in [0, 0.05) is 11.6 Å². The molecule has 0 aliphatic carbocycles. The second-order valence-electron chi connectivity index (χ2n) is 4.50. The molecule has 2 unspecified atom stereocenters. The number of amides is 1. The predicted octanol–water partition coefficient (Wildman–Crippen LogP) is 3.62. The minimum Gasteiger partial charge on any atom is -0.496 e. The molecule has 4 heteroatoms. The number of rotatable bonds is 5. The SMILES string of the molecule is CCC(C)C(C)NC(=O)c1ccc(OC)c(Br)c1. The van der Waals surface area contributed by atoms with E-state index in [-0.39, 0.29) is 11.9 Å². The summed E-state index contributed by atoms with van der Waals surface area (Å²) in [5, 5.41) is 3.01. The summed E-state index contributed by atoms with van der Waals surface area (Å²) in [6.07, 6.45) is 1.05. The number of hydrogen-bond donors (Lipinski definition) is 1. The van der Waals surface area contributed by atoms with E-state index in [0.717, 1.165) is 16.6 Å². The molecule has 1 rings (SSSR count). The van der Waals surface area contributed by atoms with Crippen molar-refractivity contribution in [3.8, 4) is 5.75 Å². The van der Waals surface area contributed by atoms with Gasteiger partial charge in [0.1, 0.15) is 5.75 Å². The Bertz CT molecular complexity index is 420. The van der Waals surface area contributed by atoms with E-state index >= 15 is 0 Å². The molecule has 18 heavy (non-hydrogen) atoms. The Kier molecular flexibility index (Phi) is 5.66. The van der Waals surface area contributed by atoms with Gasteiger partial charge in [-0.25, -0.2) is 0 Å². The molecule has 0 aliphatic heterocycles. The highest BCUT2D eigenvalue weighted by atomic mass is 79.9. The number of ether oxygens (including phenoxy) is 1. The van der Waals surface area contributed by atoms with Crippen molar-refractivity contribution in [2.75, 3.05) is 7.11 Å². The molecule has 0 bridgehead atoms. The van der Waals surface area contributed by atoms with Gasteiger partial charge in [0.25, 0.3) is 5.91 Å². The van der Waals surface area contributed by atoms with Gasteiger partial charge in [-0.3, -0.25) is 4.79 Å². The van der Waals surface area contributed by atoms with Crippen LogP contribution < -0.4 is 10.1 Å². The average Bonchev–Trinajstić information content (AvgIpc) is 2.37. The third-order valence-corrected chi connectivity index (χ3v) is 3.89. The number of benzene rings is 1. The first kappa shape index (κ1) is 15.0. The van der Waals surface area contributed by atoms with Gasteiger partial charge in [-0.05, 0) is 47.0 Å². The van der Waals surface area contributed by atoms with Crippen LogP contribution in [-0.2, 0) is 0 Å². The quantitative estimate of drug-likeness (QED) is 0.901. The first-order valence-corrected chi connectivity index (χ1v) is 6.93. The topological polar surface area (TPSA) is 38.3 Å². The first-order valence-electron chi connectivity index (χ1n) is 6.14. The fourth-order valence-electron chi connectivity index (χ4n) is 1.59. The number of carbonyl (C=O) groups excluding carboxylic acids is 1. The second kappa shape index (κ2) is 6.78. The van der Waals surface area contributed by atoms with Crippen LogP contribution in [0.4, 0.5) is 0 Å². The molecule has 0 radical (unpaired) electrons. The molecule has 0 saturated heterocycles. The predicted molar refractivity (Wildman–Crippen MR) is 77.1 cm³/mol. The van der Waals surface area contributed by atoms with Crippen LogP contribution in [0.15, 0.2) is 22.7 Å². The zero-order valence-electron chi connectivity index (χ0n) is 11.3. The lowest BCUT2D eigenvalue weighted by Gasteiger charge is -2.20. The van der Waals surface area contributed by atoms with Gasteiger partial charge in [0.2, 0.25) is 0 Å². The van der Waals surface area contributed by atoms with Crippen LogP contribution in [0.5, 0.6) is 5.75 Å². The van der Waals surface area contributed by atoms with Crippen molar-refractivity contribution >= 4 is 21.8 Å². The minimum atomic E-state index is -0.0499. The zero-order chi connectivity index (χ0) is 13.7. The fraction of sp³-hybridized carbons (Fsp3) is 0.500. The molecule has 0 fully saturated rings. The Balaban J connectivity index is 2.76. The minimum absolute atomic E-state index is 0.0499. The van der Waals surface area contributed by atoms with Gasteiger partial charge in [0.15, 0.2) is 0 Å². The van der Waals surface area contributed by atoms with Crippen molar-refractivity contribution in [2.24, 2.45) is 5.92 Å². The Hall–Kier alpha value is -1.03. The normalized spacial score (nSPS) is 13.8. The summed E-state index contributed by atoms with van der Waals surface area (Å²) in [5.74, 6) is 1.14. The summed E-state index contributed by atoms with van der Waals surface area (Å²) < 4.78 is 5.92. The first-order chi connectivity index (χ1) is 8.49. The smallest absolute Gasteiger partial charge is 0.251 e. The van der Waals surface area contributed by atoms with Gasteiger partial charge in [-0.2, -0.15) is 0 Å². The van der Waals surface area contributed by atoms with E-state index in [1.165, 1.54) is 0 Å². The molecular weight excluding hydrogens is 294 g/mol. The maximum atomic E-state index is 12.1. The Morgan fingerprint density at radius 2 is 2.11 bits per heavy atom. The molecule has 0 aliphatic rings. The van der Waals surface area contributed by atoms with Gasteiger partial charge in [-0.1, -0.05) is 20.3 Å². The maximum absolute atomic E-state index is 12.1. The molecule has 0 saturated carbocycles. The lowest BCUT2D eigenvalue weighted by atomic mass is 10.0. The van der Waals surface area contributed by atoms with Crippen LogP contribution in [0, 0.1) is 5.92 Å². The Labute approximate surface area is 117 Å². The van der Waals surface area contributed by atoms with E-state index in [0.29, 0.717) is 11.5 Å². The number of carbonyl (C=O) groups is 1. The van der Waals surface area contributed by atoms with Crippen LogP contribution in [0.25, 0.3) is 0 Å². The third-order valence-electron chi connectivity index (χ3n) is 3.27. The summed E-state index contributed by atoms with van der Waals surface area (Å²) in [6.45, 7) is 6.29. The molecule has 1 N–H and O–H groups in total. The molecule has 1 amide bonds. The van der Waals surface area contributed by atoms with Gasteiger partial charge < -0.3 is 10.1 Å². The summed E-state index contributed by atoms with van der Waals surface area (Å²) in [7, 11) is 1.60. The van der Waals surface area contributed by atoms with E-state index in [4.69, 9.17) is 4.74 Å². The van der Waals surface area contributed by atoms with Crippen LogP contribution >= 0.6 is 15.9 Å². The van der Waals surface area contributed by atoms with Crippen LogP contribution in [-0.4, -0.2) is 19.1 Å². The number of halogens is 1. The molecule has 1 aromatic rings. The highest BCUT2D eigenvalue weighted by Crippen LogP contribution is 2.25. The summed E-state index contributed by atoms with van der Waals surface area (Å²) in [5.41, 5.74) is 0.637. The molecule has 100 valence electrons. The summed E-state index contributed by atoms with van der Waals surface area (Å²) in [4.78, 5) is 12.1. The highest BCUT2D eigenvalue weighted by molar-refractivity contribution is 9.10. The van der Waals surface area contributed by atoms with E-state index in [1.807, 2.05) is 6.92 Å². The standard InChI is InChI=1S/C14H20BrNO2/c1-5-9(2)10(3)16-14(17)11-6-7-13(18-4)12(15)8-11/h6-10H,5H2,1-4H3,(H,16,17). The molecule has 1 aromatic carbocycles. The number of nitrogens with one attached hydrogen (secondary N) is 1. The maximum Gasteiger partial charge on any atom is 0.251 e. The molecule has 0 heterocycles. The lowest BCUT2D eigenvalue weighted by Crippen LogP contribution is -2.36. The number of hydrogen-bond acceptors (Lipinski definition) is 2. The van der Waals surface area contributed by atoms with Crippen LogP contribution in [0.2, 0.25) is 0 Å². The monoisotopic (exact) mass is 313 g/mol. The van der Waals surface area contributed by atoms with E-state index in [1.54, 1.807) is 25.3 Å². The second-order valence-corrected chi connectivity index (χ2v) is 5.35. The molecule has 3 nitrogen and oxygen atoms in total. The van der Waals surface area contributed by atoms with E-state index in [2.05, 4.69) is 35.1 Å². The van der Waals surface area contributed by atoms with Gasteiger partial charge >= 0.3 is 0 Å². The Morgan fingerprint density at radius 1 is 1.44 bits per heavy atom. The molecule has 0 spiro atoms. The average molecular weight is 314 g/mol. The largest absolute Gasteiger partial charge is 0.496 e. The fourth-order valence-corrected chi connectivity index (χ4v) is 2.13.